The molecule has 150 valence electrons. The number of likely N-dealkylation sites (tertiary alicyclic amines) is 1. The normalized spacial score (nSPS) is 20.9. The van der Waals surface area contributed by atoms with Crippen LogP contribution in [0.2, 0.25) is 0 Å². The molecule has 2 heterocycles. The minimum atomic E-state index is -4.32. The van der Waals surface area contributed by atoms with E-state index in [1.807, 2.05) is 19.3 Å². The Balaban J connectivity index is 1.45. The largest absolute Gasteiger partial charge is 0.416 e. The van der Waals surface area contributed by atoms with Gasteiger partial charge in [0, 0.05) is 38.3 Å². The number of halogens is 3. The molecule has 0 amide bonds. The summed E-state index contributed by atoms with van der Waals surface area (Å²) in [6, 6.07) is 8.04. The van der Waals surface area contributed by atoms with Gasteiger partial charge in [0.15, 0.2) is 0 Å². The van der Waals surface area contributed by atoms with Crippen LogP contribution in [0.1, 0.15) is 48.6 Å². The van der Waals surface area contributed by atoms with Crippen LogP contribution in [0.25, 0.3) is 0 Å². The Hall–Kier alpha value is -2.15. The van der Waals surface area contributed by atoms with E-state index in [-0.39, 0.29) is 6.04 Å². The van der Waals surface area contributed by atoms with Crippen LogP contribution in [0.5, 0.6) is 0 Å². The SMILES string of the molecule is CN(c1ccnc(C2CC2)n1)C1CCCN(Cc2ccccc2C(F)(F)F)C1. The average Bonchev–Trinajstić information content (AvgIpc) is 3.53. The van der Waals surface area contributed by atoms with Crippen LogP contribution in [0.4, 0.5) is 19.0 Å². The van der Waals surface area contributed by atoms with Crippen molar-refractivity contribution >= 4 is 5.82 Å². The number of hydrogen-bond acceptors (Lipinski definition) is 4. The van der Waals surface area contributed by atoms with Gasteiger partial charge in [-0.15, -0.1) is 0 Å². The van der Waals surface area contributed by atoms with Gasteiger partial charge in [-0.2, -0.15) is 13.2 Å². The standard InChI is InChI=1S/C21H25F3N4/c1-27(19-10-11-25-20(26-19)15-8-9-15)17-6-4-12-28(14-17)13-16-5-2-3-7-18(16)21(22,23)24/h2-3,5,7,10-11,15,17H,4,6,8-9,12-14H2,1H3. The fraction of sp³-hybridized carbons (Fsp3) is 0.524. The second-order valence-corrected chi connectivity index (χ2v) is 7.84. The van der Waals surface area contributed by atoms with Gasteiger partial charge < -0.3 is 4.90 Å². The average molecular weight is 390 g/mol. The Kier molecular flexibility index (Phi) is 5.27. The van der Waals surface area contributed by atoms with E-state index in [1.54, 1.807) is 12.1 Å². The smallest absolute Gasteiger partial charge is 0.355 e. The number of anilines is 1. The minimum Gasteiger partial charge on any atom is -0.355 e. The number of likely N-dealkylation sites (N-methyl/N-ethyl adjacent to an activating group) is 1. The van der Waals surface area contributed by atoms with Crippen LogP contribution < -0.4 is 4.90 Å². The molecule has 4 rings (SSSR count). The number of nitrogens with zero attached hydrogens (tertiary/aromatic N) is 4. The van der Waals surface area contributed by atoms with E-state index in [9.17, 15) is 13.2 Å². The van der Waals surface area contributed by atoms with Gasteiger partial charge in [0.2, 0.25) is 0 Å². The van der Waals surface area contributed by atoms with Gasteiger partial charge in [-0.3, -0.25) is 4.90 Å². The van der Waals surface area contributed by atoms with Gasteiger partial charge in [-0.1, -0.05) is 18.2 Å². The summed E-state index contributed by atoms with van der Waals surface area (Å²) >= 11 is 0. The molecule has 1 aliphatic heterocycles. The van der Waals surface area contributed by atoms with Crippen molar-refractivity contribution in [2.45, 2.75) is 50.4 Å². The van der Waals surface area contributed by atoms with Crippen LogP contribution in [0.3, 0.4) is 0 Å². The van der Waals surface area contributed by atoms with Crippen molar-refractivity contribution in [3.63, 3.8) is 0 Å². The zero-order valence-electron chi connectivity index (χ0n) is 16.0. The highest BCUT2D eigenvalue weighted by atomic mass is 19.4. The highest BCUT2D eigenvalue weighted by Gasteiger charge is 2.34. The van der Waals surface area contributed by atoms with Crippen LogP contribution in [-0.2, 0) is 12.7 Å². The number of alkyl halides is 3. The van der Waals surface area contributed by atoms with Crippen molar-refractivity contribution < 1.29 is 13.2 Å². The van der Waals surface area contributed by atoms with E-state index in [0.29, 0.717) is 18.0 Å². The third-order valence-corrected chi connectivity index (χ3v) is 5.71. The Labute approximate surface area is 163 Å². The topological polar surface area (TPSA) is 32.3 Å². The molecule has 1 atom stereocenters. The molecule has 1 aromatic carbocycles. The minimum absolute atomic E-state index is 0.230. The molecular formula is C21H25F3N4. The number of benzene rings is 1. The maximum absolute atomic E-state index is 13.3. The van der Waals surface area contributed by atoms with Crippen molar-refractivity contribution in [1.29, 1.82) is 0 Å². The van der Waals surface area contributed by atoms with Crippen molar-refractivity contribution in [3.05, 3.63) is 53.5 Å². The maximum Gasteiger partial charge on any atom is 0.416 e. The lowest BCUT2D eigenvalue weighted by atomic mass is 10.0. The Morgan fingerprint density at radius 3 is 2.68 bits per heavy atom. The predicted octanol–water partition coefficient (Wildman–Crippen LogP) is 4.47. The van der Waals surface area contributed by atoms with Crippen molar-refractivity contribution in [2.75, 3.05) is 25.0 Å². The molecule has 1 unspecified atom stereocenters. The van der Waals surface area contributed by atoms with E-state index < -0.39 is 11.7 Å². The third-order valence-electron chi connectivity index (χ3n) is 5.71. The zero-order chi connectivity index (χ0) is 19.7. The van der Waals surface area contributed by atoms with Gasteiger partial charge in [-0.05, 0) is 49.9 Å². The zero-order valence-corrected chi connectivity index (χ0v) is 16.0. The second kappa shape index (κ2) is 7.70. The van der Waals surface area contributed by atoms with E-state index in [4.69, 9.17) is 4.98 Å². The predicted molar refractivity (Wildman–Crippen MR) is 102 cm³/mol. The molecule has 1 aromatic heterocycles. The fourth-order valence-corrected chi connectivity index (χ4v) is 3.95. The number of hydrogen-bond donors (Lipinski definition) is 0. The molecule has 2 aliphatic rings. The van der Waals surface area contributed by atoms with Crippen molar-refractivity contribution in [3.8, 4) is 0 Å². The van der Waals surface area contributed by atoms with E-state index in [2.05, 4.69) is 14.8 Å². The molecular weight excluding hydrogens is 365 g/mol. The summed E-state index contributed by atoms with van der Waals surface area (Å²) in [5.41, 5.74) is -0.188. The summed E-state index contributed by atoms with van der Waals surface area (Å²) in [4.78, 5) is 13.4. The summed E-state index contributed by atoms with van der Waals surface area (Å²) in [6.45, 7) is 1.86. The molecule has 0 radical (unpaired) electrons. The highest BCUT2D eigenvalue weighted by Crippen LogP contribution is 2.38. The van der Waals surface area contributed by atoms with Crippen LogP contribution in [-0.4, -0.2) is 41.0 Å². The quantitative estimate of drug-likeness (QED) is 0.754. The summed E-state index contributed by atoms with van der Waals surface area (Å²) in [7, 11) is 2.02. The molecule has 0 N–H and O–H groups in total. The number of rotatable bonds is 5. The third kappa shape index (κ3) is 4.29. The van der Waals surface area contributed by atoms with Crippen LogP contribution >= 0.6 is 0 Å². The molecule has 0 spiro atoms. The summed E-state index contributed by atoms with van der Waals surface area (Å²) in [5, 5.41) is 0. The first-order valence-electron chi connectivity index (χ1n) is 9.85. The fourth-order valence-electron chi connectivity index (χ4n) is 3.95. The molecule has 1 aliphatic carbocycles. The van der Waals surface area contributed by atoms with Gasteiger partial charge in [-0.25, -0.2) is 9.97 Å². The van der Waals surface area contributed by atoms with Crippen molar-refractivity contribution in [1.82, 2.24) is 14.9 Å². The van der Waals surface area contributed by atoms with E-state index in [1.165, 1.54) is 12.1 Å². The molecule has 4 nitrogen and oxygen atoms in total. The van der Waals surface area contributed by atoms with E-state index in [0.717, 1.165) is 50.4 Å². The van der Waals surface area contributed by atoms with Crippen molar-refractivity contribution in [2.24, 2.45) is 0 Å². The Morgan fingerprint density at radius 2 is 1.93 bits per heavy atom. The molecule has 7 heteroatoms. The first kappa shape index (κ1) is 19.2. The Bertz CT molecular complexity index is 819. The molecule has 2 fully saturated rings. The lowest BCUT2D eigenvalue weighted by molar-refractivity contribution is -0.138. The van der Waals surface area contributed by atoms with Gasteiger partial charge in [0.1, 0.15) is 11.6 Å². The molecule has 2 aromatic rings. The van der Waals surface area contributed by atoms with Crippen LogP contribution in [0, 0.1) is 0 Å². The second-order valence-electron chi connectivity index (χ2n) is 7.84. The van der Waals surface area contributed by atoms with Crippen LogP contribution in [0.15, 0.2) is 36.5 Å². The molecule has 1 saturated carbocycles. The summed E-state index contributed by atoms with van der Waals surface area (Å²) in [6.07, 6.45) is 1.78. The van der Waals surface area contributed by atoms with Gasteiger partial charge in [0.25, 0.3) is 0 Å². The lowest BCUT2D eigenvalue weighted by Gasteiger charge is -2.38. The maximum atomic E-state index is 13.3. The highest BCUT2D eigenvalue weighted by molar-refractivity contribution is 5.39. The van der Waals surface area contributed by atoms with E-state index >= 15 is 0 Å². The van der Waals surface area contributed by atoms with Gasteiger partial charge >= 0.3 is 6.18 Å². The first-order chi connectivity index (χ1) is 13.4. The lowest BCUT2D eigenvalue weighted by Crippen LogP contribution is -2.46. The number of piperidine rings is 1. The monoisotopic (exact) mass is 390 g/mol. The molecule has 1 saturated heterocycles. The summed E-state index contributed by atoms with van der Waals surface area (Å²) in [5.74, 6) is 2.31. The molecule has 0 bridgehead atoms. The number of aromatic nitrogens is 2. The van der Waals surface area contributed by atoms with Gasteiger partial charge in [0.05, 0.1) is 5.56 Å². The molecule has 28 heavy (non-hydrogen) atoms. The Morgan fingerprint density at radius 1 is 1.14 bits per heavy atom. The first-order valence-corrected chi connectivity index (χ1v) is 9.85. The summed E-state index contributed by atoms with van der Waals surface area (Å²) < 4.78 is 39.9.